The maximum absolute atomic E-state index is 12.5. The minimum Gasteiger partial charge on any atom is -0.489 e. The number of halogens is 3. The van der Waals surface area contributed by atoms with Crippen LogP contribution in [0, 0.1) is 0 Å². The van der Waals surface area contributed by atoms with E-state index in [0.29, 0.717) is 33.1 Å². The third-order valence-corrected chi connectivity index (χ3v) is 5.94. The van der Waals surface area contributed by atoms with E-state index in [0.717, 1.165) is 22.4 Å². The molecule has 0 atom stereocenters. The maximum atomic E-state index is 12.5. The number of H-pyrrole nitrogens is 1. The number of ether oxygens (including phenoxy) is 1. The zero-order valence-electron chi connectivity index (χ0n) is 18.0. The summed E-state index contributed by atoms with van der Waals surface area (Å²) >= 11 is 17.9. The predicted molar refractivity (Wildman–Crippen MR) is 136 cm³/mol. The van der Waals surface area contributed by atoms with E-state index in [9.17, 15) is 4.79 Å². The maximum Gasteiger partial charge on any atom is 0.289 e. The van der Waals surface area contributed by atoms with E-state index in [2.05, 4.69) is 20.7 Å². The number of nitrogens with one attached hydrogen (secondary N) is 2. The zero-order chi connectivity index (χ0) is 24.1. The van der Waals surface area contributed by atoms with Gasteiger partial charge in [-0.2, -0.15) is 10.2 Å². The minimum atomic E-state index is -0.416. The van der Waals surface area contributed by atoms with Crippen LogP contribution in [0.2, 0.25) is 15.1 Å². The van der Waals surface area contributed by atoms with Crippen molar-refractivity contribution in [2.24, 2.45) is 5.10 Å². The molecule has 6 nitrogen and oxygen atoms in total. The fourth-order valence-electron chi connectivity index (χ4n) is 3.04. The van der Waals surface area contributed by atoms with Gasteiger partial charge in [-0.05, 0) is 72.6 Å². The highest BCUT2D eigenvalue weighted by Crippen LogP contribution is 2.24. The molecule has 4 rings (SSSR count). The quantitative estimate of drug-likeness (QED) is 0.211. The van der Waals surface area contributed by atoms with E-state index >= 15 is 0 Å². The molecular weight excluding hydrogens is 495 g/mol. The fraction of sp³-hybridized carbons (Fsp3) is 0.0800. The van der Waals surface area contributed by atoms with Gasteiger partial charge >= 0.3 is 0 Å². The van der Waals surface area contributed by atoms with E-state index < -0.39 is 5.91 Å². The average Bonchev–Trinajstić information content (AvgIpc) is 3.34. The Labute approximate surface area is 211 Å². The lowest BCUT2D eigenvalue weighted by Gasteiger charge is -2.07. The number of amides is 1. The fourth-order valence-corrected chi connectivity index (χ4v) is 3.46. The number of nitrogens with zero attached hydrogens (tertiary/aromatic N) is 2. The molecule has 34 heavy (non-hydrogen) atoms. The molecule has 0 bridgehead atoms. The summed E-state index contributed by atoms with van der Waals surface area (Å²) in [4.78, 5) is 12.5. The molecule has 2 N–H and O–H groups in total. The van der Waals surface area contributed by atoms with Crippen molar-refractivity contribution in [3.05, 3.63) is 105 Å². The summed E-state index contributed by atoms with van der Waals surface area (Å²) in [6.07, 6.45) is 0. The molecule has 0 saturated carbocycles. The standard InChI is InChI=1S/C25H19Cl3N4O2/c1-15(18-6-11-21(27)22(28)12-18)29-32-25(33)24-13-23(30-31-24)17-4-9-20(10-5-17)34-14-16-2-7-19(26)8-3-16/h2-13H,14H2,1H3,(H,30,31)(H,32,33)/b29-15+. The third kappa shape index (κ3) is 5.97. The van der Waals surface area contributed by atoms with Crippen LogP contribution in [0.25, 0.3) is 11.3 Å². The largest absolute Gasteiger partial charge is 0.489 e. The molecule has 3 aromatic carbocycles. The lowest BCUT2D eigenvalue weighted by Crippen LogP contribution is -2.19. The molecule has 0 fully saturated rings. The molecule has 172 valence electrons. The first kappa shape index (κ1) is 23.8. The molecule has 4 aromatic rings. The molecule has 0 saturated heterocycles. The second kappa shape index (κ2) is 10.7. The number of aromatic amines is 1. The number of hydrazone groups is 1. The molecule has 0 aliphatic heterocycles. The molecule has 0 radical (unpaired) electrons. The van der Waals surface area contributed by atoms with Crippen LogP contribution in [0.5, 0.6) is 5.75 Å². The summed E-state index contributed by atoms with van der Waals surface area (Å²) in [6, 6.07) is 21.7. The molecule has 1 aromatic heterocycles. The number of benzene rings is 3. The summed E-state index contributed by atoms with van der Waals surface area (Å²) in [5.74, 6) is 0.306. The van der Waals surface area contributed by atoms with E-state index in [4.69, 9.17) is 39.5 Å². The first-order valence-corrected chi connectivity index (χ1v) is 11.4. The smallest absolute Gasteiger partial charge is 0.289 e. The van der Waals surface area contributed by atoms with E-state index in [1.54, 1.807) is 31.2 Å². The van der Waals surface area contributed by atoms with Gasteiger partial charge in [-0.1, -0.05) is 53.0 Å². The van der Waals surface area contributed by atoms with E-state index in [1.807, 2.05) is 48.5 Å². The number of carbonyl (C=O) groups is 1. The van der Waals surface area contributed by atoms with Gasteiger partial charge in [0, 0.05) is 10.6 Å². The Kier molecular flexibility index (Phi) is 7.53. The molecule has 0 spiro atoms. The highest BCUT2D eigenvalue weighted by Gasteiger charge is 2.11. The topological polar surface area (TPSA) is 79.4 Å². The summed E-state index contributed by atoms with van der Waals surface area (Å²) in [6.45, 7) is 2.19. The van der Waals surface area contributed by atoms with Crippen LogP contribution in [0.3, 0.4) is 0 Å². The molecule has 1 heterocycles. The van der Waals surface area contributed by atoms with Gasteiger partial charge in [-0.3, -0.25) is 9.89 Å². The Morgan fingerprint density at radius 1 is 0.971 bits per heavy atom. The van der Waals surface area contributed by atoms with Crippen molar-refractivity contribution in [3.8, 4) is 17.0 Å². The Hall–Kier alpha value is -3.32. The lowest BCUT2D eigenvalue weighted by molar-refractivity contribution is 0.0950. The van der Waals surface area contributed by atoms with Crippen LogP contribution in [-0.4, -0.2) is 21.8 Å². The number of aromatic nitrogens is 2. The molecule has 0 aliphatic rings. The summed E-state index contributed by atoms with van der Waals surface area (Å²) in [7, 11) is 0. The van der Waals surface area contributed by atoms with Gasteiger partial charge in [0.1, 0.15) is 18.1 Å². The van der Waals surface area contributed by atoms with Crippen molar-refractivity contribution in [1.82, 2.24) is 15.6 Å². The normalized spacial score (nSPS) is 11.4. The molecule has 9 heteroatoms. The third-order valence-electron chi connectivity index (χ3n) is 4.95. The Morgan fingerprint density at radius 2 is 1.71 bits per heavy atom. The van der Waals surface area contributed by atoms with Crippen LogP contribution in [0.4, 0.5) is 0 Å². The number of rotatable bonds is 7. The van der Waals surface area contributed by atoms with Crippen molar-refractivity contribution >= 4 is 46.4 Å². The highest BCUT2D eigenvalue weighted by atomic mass is 35.5. The predicted octanol–water partition coefficient (Wildman–Crippen LogP) is 6.77. The molecular formula is C25H19Cl3N4O2. The zero-order valence-corrected chi connectivity index (χ0v) is 20.2. The van der Waals surface area contributed by atoms with Crippen LogP contribution >= 0.6 is 34.8 Å². The second-order valence-corrected chi connectivity index (χ2v) is 8.62. The molecule has 1 amide bonds. The van der Waals surface area contributed by atoms with Gasteiger partial charge in [-0.15, -0.1) is 0 Å². The highest BCUT2D eigenvalue weighted by molar-refractivity contribution is 6.42. The van der Waals surface area contributed by atoms with Crippen LogP contribution < -0.4 is 10.2 Å². The lowest BCUT2D eigenvalue weighted by atomic mass is 10.1. The van der Waals surface area contributed by atoms with E-state index in [-0.39, 0.29) is 5.69 Å². The van der Waals surface area contributed by atoms with Crippen molar-refractivity contribution in [2.45, 2.75) is 13.5 Å². The van der Waals surface area contributed by atoms with Crippen molar-refractivity contribution in [2.75, 3.05) is 0 Å². The number of hydrogen-bond acceptors (Lipinski definition) is 4. The Bertz CT molecular complexity index is 1330. The second-order valence-electron chi connectivity index (χ2n) is 7.37. The van der Waals surface area contributed by atoms with E-state index in [1.165, 1.54) is 0 Å². The minimum absolute atomic E-state index is 0.281. The molecule has 0 unspecified atom stereocenters. The van der Waals surface area contributed by atoms with Gasteiger partial charge in [0.15, 0.2) is 0 Å². The van der Waals surface area contributed by atoms with Crippen LogP contribution in [0.1, 0.15) is 28.5 Å². The van der Waals surface area contributed by atoms with Gasteiger partial charge in [0.25, 0.3) is 5.91 Å². The average molecular weight is 514 g/mol. The Balaban J connectivity index is 1.36. The number of carbonyl (C=O) groups excluding carboxylic acids is 1. The number of hydrogen-bond donors (Lipinski definition) is 2. The molecule has 0 aliphatic carbocycles. The van der Waals surface area contributed by atoms with Crippen LogP contribution in [0.15, 0.2) is 77.9 Å². The van der Waals surface area contributed by atoms with Crippen molar-refractivity contribution in [3.63, 3.8) is 0 Å². The Morgan fingerprint density at radius 3 is 2.41 bits per heavy atom. The van der Waals surface area contributed by atoms with Gasteiger partial charge in [0.05, 0.1) is 21.5 Å². The van der Waals surface area contributed by atoms with Gasteiger partial charge < -0.3 is 4.74 Å². The first-order valence-electron chi connectivity index (χ1n) is 10.2. The summed E-state index contributed by atoms with van der Waals surface area (Å²) < 4.78 is 5.81. The monoisotopic (exact) mass is 512 g/mol. The van der Waals surface area contributed by atoms with Crippen molar-refractivity contribution in [1.29, 1.82) is 0 Å². The van der Waals surface area contributed by atoms with Crippen LogP contribution in [-0.2, 0) is 6.61 Å². The SMILES string of the molecule is C/C(=N\NC(=O)c1cc(-c2ccc(OCc3ccc(Cl)cc3)cc2)n[nH]1)c1ccc(Cl)c(Cl)c1. The first-order chi connectivity index (χ1) is 16.4. The van der Waals surface area contributed by atoms with Gasteiger partial charge in [-0.25, -0.2) is 5.43 Å². The summed E-state index contributed by atoms with van der Waals surface area (Å²) in [5, 5.41) is 12.6. The van der Waals surface area contributed by atoms with Crippen molar-refractivity contribution < 1.29 is 9.53 Å². The summed E-state index contributed by atoms with van der Waals surface area (Å²) in [5.41, 5.74) is 6.61. The van der Waals surface area contributed by atoms with Gasteiger partial charge in [0.2, 0.25) is 0 Å².